The van der Waals surface area contributed by atoms with Gasteiger partial charge < -0.3 is 5.11 Å². The Bertz CT molecular complexity index is 1190. The van der Waals surface area contributed by atoms with Crippen molar-refractivity contribution in [3.8, 4) is 17.0 Å². The first kappa shape index (κ1) is 21.5. The number of aromatic nitrogens is 1. The molecule has 0 spiro atoms. The first-order chi connectivity index (χ1) is 14.0. The molecule has 7 heteroatoms. The second kappa shape index (κ2) is 7.91. The third-order valence-corrected chi connectivity index (χ3v) is 5.92. The standard InChI is InChI=1S/C23H24N2O4S/c1-15-8-10-16(11-9-15)21-19(12-13-20(24-21)23(2,3)4)22(27)25-30(28,29)18-7-5-6-17(26)14-18/h5-14,26H,1-4H3,(H,25,27). The molecule has 1 aromatic heterocycles. The van der Waals surface area contributed by atoms with E-state index in [9.17, 15) is 18.3 Å². The molecule has 0 saturated heterocycles. The summed E-state index contributed by atoms with van der Waals surface area (Å²) in [5, 5.41) is 9.56. The van der Waals surface area contributed by atoms with Crippen LogP contribution >= 0.6 is 0 Å². The van der Waals surface area contributed by atoms with E-state index in [-0.39, 0.29) is 21.6 Å². The average molecular weight is 425 g/mol. The molecule has 30 heavy (non-hydrogen) atoms. The Labute approximate surface area is 176 Å². The molecule has 156 valence electrons. The minimum atomic E-state index is -4.16. The number of carbonyl (C=O) groups is 1. The van der Waals surface area contributed by atoms with Gasteiger partial charge in [-0.3, -0.25) is 9.78 Å². The highest BCUT2D eigenvalue weighted by Gasteiger charge is 2.24. The van der Waals surface area contributed by atoms with E-state index in [0.29, 0.717) is 11.3 Å². The van der Waals surface area contributed by atoms with Gasteiger partial charge in [-0.1, -0.05) is 56.7 Å². The fourth-order valence-corrected chi connectivity index (χ4v) is 3.88. The third kappa shape index (κ3) is 4.68. The van der Waals surface area contributed by atoms with Crippen LogP contribution in [0.5, 0.6) is 5.75 Å². The average Bonchev–Trinajstić information content (AvgIpc) is 2.67. The molecule has 0 aliphatic carbocycles. The van der Waals surface area contributed by atoms with Crippen molar-refractivity contribution in [1.82, 2.24) is 9.71 Å². The maximum atomic E-state index is 12.9. The van der Waals surface area contributed by atoms with E-state index in [4.69, 9.17) is 0 Å². The van der Waals surface area contributed by atoms with E-state index in [0.717, 1.165) is 17.3 Å². The monoisotopic (exact) mass is 424 g/mol. The summed E-state index contributed by atoms with van der Waals surface area (Å²) in [5.74, 6) is -0.997. The summed E-state index contributed by atoms with van der Waals surface area (Å²) < 4.78 is 27.3. The second-order valence-electron chi connectivity index (χ2n) is 8.14. The van der Waals surface area contributed by atoms with Gasteiger partial charge in [0, 0.05) is 22.7 Å². The van der Waals surface area contributed by atoms with Gasteiger partial charge in [-0.05, 0) is 31.2 Å². The van der Waals surface area contributed by atoms with Crippen LogP contribution in [-0.4, -0.2) is 24.4 Å². The Morgan fingerprint density at radius 2 is 1.67 bits per heavy atom. The van der Waals surface area contributed by atoms with E-state index in [1.807, 2.05) is 52.0 Å². The van der Waals surface area contributed by atoms with Gasteiger partial charge in [-0.15, -0.1) is 0 Å². The molecule has 0 saturated carbocycles. The smallest absolute Gasteiger partial charge is 0.267 e. The zero-order valence-electron chi connectivity index (χ0n) is 17.3. The van der Waals surface area contributed by atoms with Crippen LogP contribution in [0.2, 0.25) is 0 Å². The van der Waals surface area contributed by atoms with Gasteiger partial charge in [-0.2, -0.15) is 0 Å². The molecule has 1 amide bonds. The highest BCUT2D eigenvalue weighted by atomic mass is 32.2. The van der Waals surface area contributed by atoms with Gasteiger partial charge in [0.25, 0.3) is 15.9 Å². The molecule has 3 rings (SSSR count). The predicted octanol–water partition coefficient (Wildman–Crippen LogP) is 4.18. The van der Waals surface area contributed by atoms with E-state index in [1.165, 1.54) is 18.2 Å². The number of pyridine rings is 1. The molecule has 0 bridgehead atoms. The number of phenols is 1. The first-order valence-corrected chi connectivity index (χ1v) is 10.9. The summed E-state index contributed by atoms with van der Waals surface area (Å²) in [6.07, 6.45) is 0. The van der Waals surface area contributed by atoms with Crippen LogP contribution in [0.1, 0.15) is 42.4 Å². The van der Waals surface area contributed by atoms with Crippen LogP contribution in [0, 0.1) is 6.92 Å². The number of benzene rings is 2. The molecule has 2 aromatic carbocycles. The molecular weight excluding hydrogens is 400 g/mol. The van der Waals surface area contributed by atoms with Gasteiger partial charge >= 0.3 is 0 Å². The van der Waals surface area contributed by atoms with E-state index in [1.54, 1.807) is 12.1 Å². The van der Waals surface area contributed by atoms with Crippen molar-refractivity contribution in [2.45, 2.75) is 38.0 Å². The molecule has 1 heterocycles. The van der Waals surface area contributed by atoms with Crippen LogP contribution < -0.4 is 4.72 Å². The van der Waals surface area contributed by atoms with Crippen LogP contribution in [0.15, 0.2) is 65.6 Å². The minimum absolute atomic E-state index is 0.149. The van der Waals surface area contributed by atoms with Crippen LogP contribution in [0.3, 0.4) is 0 Å². The van der Waals surface area contributed by atoms with Gasteiger partial charge in [0.1, 0.15) is 5.75 Å². The highest BCUT2D eigenvalue weighted by molar-refractivity contribution is 7.90. The molecular formula is C23H24N2O4S. The van der Waals surface area contributed by atoms with Gasteiger partial charge in [-0.25, -0.2) is 13.1 Å². The number of hydrogen-bond donors (Lipinski definition) is 2. The normalized spacial score (nSPS) is 11.9. The molecule has 6 nitrogen and oxygen atoms in total. The Morgan fingerprint density at radius 1 is 1.00 bits per heavy atom. The molecule has 0 radical (unpaired) electrons. The number of aromatic hydroxyl groups is 1. The Kier molecular flexibility index (Phi) is 5.67. The number of hydrogen-bond acceptors (Lipinski definition) is 5. The number of amides is 1. The molecule has 3 aromatic rings. The van der Waals surface area contributed by atoms with Crippen molar-refractivity contribution in [2.24, 2.45) is 0 Å². The van der Waals surface area contributed by atoms with Gasteiger partial charge in [0.15, 0.2) is 0 Å². The number of nitrogens with zero attached hydrogens (tertiary/aromatic N) is 1. The Balaban J connectivity index is 2.06. The number of carbonyl (C=O) groups excluding carboxylic acids is 1. The summed E-state index contributed by atoms with van der Waals surface area (Å²) in [4.78, 5) is 17.4. The molecule has 0 atom stereocenters. The van der Waals surface area contributed by atoms with E-state index >= 15 is 0 Å². The molecule has 0 fully saturated rings. The minimum Gasteiger partial charge on any atom is -0.508 e. The fraction of sp³-hybridized carbons (Fsp3) is 0.217. The Hall–Kier alpha value is -3.19. The maximum Gasteiger partial charge on any atom is 0.267 e. The lowest BCUT2D eigenvalue weighted by atomic mass is 9.90. The summed E-state index contributed by atoms with van der Waals surface area (Å²) in [5.41, 5.74) is 2.86. The lowest BCUT2D eigenvalue weighted by Gasteiger charge is -2.20. The summed E-state index contributed by atoms with van der Waals surface area (Å²) in [6, 6.07) is 16.0. The Morgan fingerprint density at radius 3 is 2.27 bits per heavy atom. The second-order valence-corrected chi connectivity index (χ2v) is 9.82. The van der Waals surface area contributed by atoms with Crippen molar-refractivity contribution in [3.05, 3.63) is 77.5 Å². The molecule has 0 aliphatic heterocycles. The first-order valence-electron chi connectivity index (χ1n) is 9.42. The van der Waals surface area contributed by atoms with Crippen molar-refractivity contribution in [1.29, 1.82) is 0 Å². The zero-order valence-corrected chi connectivity index (χ0v) is 18.1. The summed E-state index contributed by atoms with van der Waals surface area (Å²) in [7, 11) is -4.16. The summed E-state index contributed by atoms with van der Waals surface area (Å²) >= 11 is 0. The predicted molar refractivity (Wildman–Crippen MR) is 116 cm³/mol. The lowest BCUT2D eigenvalue weighted by Crippen LogP contribution is -2.31. The number of nitrogens with one attached hydrogen (secondary N) is 1. The lowest BCUT2D eigenvalue weighted by molar-refractivity contribution is 0.0981. The number of sulfonamides is 1. The third-order valence-electron chi connectivity index (χ3n) is 4.59. The van der Waals surface area contributed by atoms with Crippen molar-refractivity contribution >= 4 is 15.9 Å². The number of phenolic OH excluding ortho intramolecular Hbond substituents is 1. The molecule has 0 unspecified atom stereocenters. The number of aryl methyl sites for hydroxylation is 1. The van der Waals surface area contributed by atoms with E-state index in [2.05, 4.69) is 9.71 Å². The SMILES string of the molecule is Cc1ccc(-c2nc(C(C)(C)C)ccc2C(=O)NS(=O)(=O)c2cccc(O)c2)cc1. The molecule has 2 N–H and O–H groups in total. The van der Waals surface area contributed by atoms with Crippen molar-refractivity contribution in [2.75, 3.05) is 0 Å². The highest BCUT2D eigenvalue weighted by Crippen LogP contribution is 2.28. The summed E-state index contributed by atoms with van der Waals surface area (Å²) in [6.45, 7) is 8.00. The van der Waals surface area contributed by atoms with Crippen LogP contribution in [-0.2, 0) is 15.4 Å². The van der Waals surface area contributed by atoms with E-state index < -0.39 is 15.9 Å². The van der Waals surface area contributed by atoms with Crippen molar-refractivity contribution in [3.63, 3.8) is 0 Å². The van der Waals surface area contributed by atoms with Crippen LogP contribution in [0.4, 0.5) is 0 Å². The maximum absolute atomic E-state index is 12.9. The largest absolute Gasteiger partial charge is 0.508 e. The zero-order chi connectivity index (χ0) is 22.1. The molecule has 0 aliphatic rings. The van der Waals surface area contributed by atoms with Gasteiger partial charge in [0.05, 0.1) is 16.2 Å². The van der Waals surface area contributed by atoms with Gasteiger partial charge in [0.2, 0.25) is 0 Å². The fourth-order valence-electron chi connectivity index (χ4n) is 2.88. The topological polar surface area (TPSA) is 96.4 Å². The van der Waals surface area contributed by atoms with Crippen molar-refractivity contribution < 1.29 is 18.3 Å². The quantitative estimate of drug-likeness (QED) is 0.655. The number of rotatable bonds is 4. The van der Waals surface area contributed by atoms with Crippen LogP contribution in [0.25, 0.3) is 11.3 Å².